The molecular weight excluding hydrogens is 266 g/mol. The van der Waals surface area contributed by atoms with Gasteiger partial charge in [0, 0.05) is 0 Å². The second kappa shape index (κ2) is 8.49. The third-order valence-electron chi connectivity index (χ3n) is 3.10. The number of carbonyl (C=O) groups is 3. The van der Waals surface area contributed by atoms with Crippen LogP contribution in [0.2, 0.25) is 0 Å². The van der Waals surface area contributed by atoms with Gasteiger partial charge >= 0.3 is 5.97 Å². The lowest BCUT2D eigenvalue weighted by molar-refractivity contribution is -0.142. The van der Waals surface area contributed by atoms with Gasteiger partial charge in [0.2, 0.25) is 11.8 Å². The van der Waals surface area contributed by atoms with E-state index in [-0.39, 0.29) is 5.92 Å². The molecule has 2 amide bonds. The molecule has 8 heteroatoms. The molecule has 0 saturated carbocycles. The molecule has 116 valence electrons. The van der Waals surface area contributed by atoms with Crippen LogP contribution in [0.25, 0.3) is 0 Å². The number of aliphatic carboxylic acids is 1. The summed E-state index contributed by atoms with van der Waals surface area (Å²) < 4.78 is 0. The molecule has 0 aromatic heterocycles. The normalized spacial score (nSPS) is 16.6. The number of carboxylic acid groups (broad SMARTS) is 1. The van der Waals surface area contributed by atoms with Crippen LogP contribution in [-0.4, -0.2) is 52.7 Å². The van der Waals surface area contributed by atoms with Crippen molar-refractivity contribution in [2.24, 2.45) is 11.7 Å². The van der Waals surface area contributed by atoms with Crippen LogP contribution in [0.5, 0.6) is 0 Å². The van der Waals surface area contributed by atoms with E-state index in [1.807, 2.05) is 6.92 Å². The Hall–Kier alpha value is -1.67. The van der Waals surface area contributed by atoms with Crippen LogP contribution in [0, 0.1) is 5.92 Å². The van der Waals surface area contributed by atoms with Crippen molar-refractivity contribution in [1.29, 1.82) is 0 Å². The fourth-order valence-electron chi connectivity index (χ4n) is 1.35. The zero-order valence-electron chi connectivity index (χ0n) is 11.9. The Kier molecular flexibility index (Phi) is 7.78. The molecule has 4 atom stereocenters. The van der Waals surface area contributed by atoms with Crippen molar-refractivity contribution in [2.45, 2.75) is 45.3 Å². The predicted molar refractivity (Wildman–Crippen MR) is 71.7 cm³/mol. The fourth-order valence-corrected chi connectivity index (χ4v) is 1.35. The largest absolute Gasteiger partial charge is 0.480 e. The lowest BCUT2D eigenvalue weighted by Crippen LogP contribution is -2.56. The summed E-state index contributed by atoms with van der Waals surface area (Å²) in [5.74, 6) is -2.61. The van der Waals surface area contributed by atoms with E-state index >= 15 is 0 Å². The minimum absolute atomic E-state index is 0.0738. The minimum Gasteiger partial charge on any atom is -0.480 e. The van der Waals surface area contributed by atoms with Crippen LogP contribution in [0.4, 0.5) is 0 Å². The van der Waals surface area contributed by atoms with Gasteiger partial charge in [-0.25, -0.2) is 0 Å². The third-order valence-corrected chi connectivity index (χ3v) is 3.10. The summed E-state index contributed by atoms with van der Waals surface area (Å²) in [6.07, 6.45) is 0.695. The van der Waals surface area contributed by atoms with E-state index in [1.54, 1.807) is 6.92 Å². The van der Waals surface area contributed by atoms with E-state index in [1.165, 1.54) is 6.92 Å². The molecule has 0 aliphatic carbocycles. The van der Waals surface area contributed by atoms with E-state index in [9.17, 15) is 14.4 Å². The summed E-state index contributed by atoms with van der Waals surface area (Å²) >= 11 is 0. The van der Waals surface area contributed by atoms with Gasteiger partial charge in [-0.15, -0.1) is 0 Å². The number of amides is 2. The van der Waals surface area contributed by atoms with Crippen LogP contribution in [-0.2, 0) is 14.4 Å². The zero-order chi connectivity index (χ0) is 15.9. The van der Waals surface area contributed by atoms with Gasteiger partial charge in [0.1, 0.15) is 12.1 Å². The van der Waals surface area contributed by atoms with Crippen molar-refractivity contribution in [3.63, 3.8) is 0 Å². The molecule has 20 heavy (non-hydrogen) atoms. The molecule has 8 nitrogen and oxygen atoms in total. The number of nitrogens with one attached hydrogen (secondary N) is 2. The molecule has 0 rings (SSSR count). The Morgan fingerprint density at radius 1 is 1.15 bits per heavy atom. The molecule has 0 heterocycles. The molecule has 0 unspecified atom stereocenters. The first-order valence-corrected chi connectivity index (χ1v) is 6.44. The maximum Gasteiger partial charge on any atom is 0.325 e. The number of rotatable bonds is 8. The molecule has 6 N–H and O–H groups in total. The maximum atomic E-state index is 11.8. The Bertz CT molecular complexity index is 361. The standard InChI is InChI=1S/C12H23N3O5/c1-4-6(2)9(13)11(18)15-8(5-16)10(17)14-7(3)12(19)20/h6-9,16H,4-5,13H2,1-3H3,(H,14,17)(H,15,18)(H,19,20)/t6-,7-,8-,9-/m0/s1. The first-order chi connectivity index (χ1) is 9.24. The van der Waals surface area contributed by atoms with Gasteiger partial charge in [-0.1, -0.05) is 20.3 Å². The number of hydrogen-bond acceptors (Lipinski definition) is 5. The Morgan fingerprint density at radius 3 is 2.10 bits per heavy atom. The molecule has 0 saturated heterocycles. The molecule has 0 aliphatic rings. The highest BCUT2D eigenvalue weighted by Crippen LogP contribution is 2.05. The van der Waals surface area contributed by atoms with Crippen molar-refractivity contribution in [1.82, 2.24) is 10.6 Å². The number of carbonyl (C=O) groups excluding carboxylic acids is 2. The average Bonchev–Trinajstić information content (AvgIpc) is 2.41. The van der Waals surface area contributed by atoms with E-state index in [0.717, 1.165) is 0 Å². The van der Waals surface area contributed by atoms with Crippen LogP contribution in [0.3, 0.4) is 0 Å². The van der Waals surface area contributed by atoms with E-state index < -0.39 is 42.5 Å². The number of aliphatic hydroxyl groups excluding tert-OH is 1. The summed E-state index contributed by atoms with van der Waals surface area (Å²) in [5, 5.41) is 22.3. The smallest absolute Gasteiger partial charge is 0.325 e. The van der Waals surface area contributed by atoms with Crippen LogP contribution >= 0.6 is 0 Å². The van der Waals surface area contributed by atoms with Gasteiger partial charge in [0.15, 0.2) is 0 Å². The van der Waals surface area contributed by atoms with E-state index in [0.29, 0.717) is 6.42 Å². The van der Waals surface area contributed by atoms with Gasteiger partial charge in [0.25, 0.3) is 0 Å². The monoisotopic (exact) mass is 289 g/mol. The summed E-state index contributed by atoms with van der Waals surface area (Å²) in [6.45, 7) is 4.31. The summed E-state index contributed by atoms with van der Waals surface area (Å²) in [5.41, 5.74) is 5.70. The van der Waals surface area contributed by atoms with E-state index in [4.69, 9.17) is 15.9 Å². The molecule has 0 spiro atoms. The number of carboxylic acids is 1. The van der Waals surface area contributed by atoms with Gasteiger partial charge in [0.05, 0.1) is 12.6 Å². The van der Waals surface area contributed by atoms with Crippen molar-refractivity contribution >= 4 is 17.8 Å². The molecular formula is C12H23N3O5. The van der Waals surface area contributed by atoms with E-state index in [2.05, 4.69) is 10.6 Å². The minimum atomic E-state index is -1.22. The number of hydrogen-bond donors (Lipinski definition) is 5. The quantitative estimate of drug-likeness (QED) is 0.365. The number of aliphatic hydroxyl groups is 1. The van der Waals surface area contributed by atoms with Crippen LogP contribution < -0.4 is 16.4 Å². The fraction of sp³-hybridized carbons (Fsp3) is 0.750. The topological polar surface area (TPSA) is 142 Å². The highest BCUT2D eigenvalue weighted by atomic mass is 16.4. The van der Waals surface area contributed by atoms with Gasteiger partial charge in [-0.2, -0.15) is 0 Å². The lowest BCUT2D eigenvalue weighted by Gasteiger charge is -2.22. The number of nitrogens with two attached hydrogens (primary N) is 1. The molecule has 0 aromatic rings. The molecule has 0 aromatic carbocycles. The predicted octanol–water partition coefficient (Wildman–Crippen LogP) is -1.57. The Labute approximate surface area is 117 Å². The summed E-state index contributed by atoms with van der Waals surface area (Å²) in [7, 11) is 0. The first kappa shape index (κ1) is 18.3. The average molecular weight is 289 g/mol. The van der Waals surface area contributed by atoms with Crippen LogP contribution in [0.15, 0.2) is 0 Å². The second-order valence-electron chi connectivity index (χ2n) is 4.72. The highest BCUT2D eigenvalue weighted by Gasteiger charge is 2.27. The summed E-state index contributed by atoms with van der Waals surface area (Å²) in [6, 6.07) is -3.13. The van der Waals surface area contributed by atoms with Crippen molar-refractivity contribution in [2.75, 3.05) is 6.61 Å². The maximum absolute atomic E-state index is 11.8. The highest BCUT2D eigenvalue weighted by molar-refractivity contribution is 5.91. The van der Waals surface area contributed by atoms with Crippen molar-refractivity contribution in [3.05, 3.63) is 0 Å². The van der Waals surface area contributed by atoms with Crippen molar-refractivity contribution < 1.29 is 24.6 Å². The SMILES string of the molecule is CC[C@H](C)[C@H](N)C(=O)N[C@@H](CO)C(=O)N[C@@H](C)C(=O)O. The molecule has 0 fully saturated rings. The Morgan fingerprint density at radius 2 is 1.70 bits per heavy atom. The van der Waals surface area contributed by atoms with Gasteiger partial charge < -0.3 is 26.6 Å². The lowest BCUT2D eigenvalue weighted by atomic mass is 9.99. The zero-order valence-corrected chi connectivity index (χ0v) is 11.9. The third kappa shape index (κ3) is 5.54. The molecule has 0 bridgehead atoms. The van der Waals surface area contributed by atoms with Gasteiger partial charge in [-0.05, 0) is 12.8 Å². The van der Waals surface area contributed by atoms with Crippen molar-refractivity contribution in [3.8, 4) is 0 Å². The molecule has 0 aliphatic heterocycles. The van der Waals surface area contributed by atoms with Gasteiger partial charge in [-0.3, -0.25) is 14.4 Å². The summed E-state index contributed by atoms with van der Waals surface area (Å²) in [4.78, 5) is 34.1. The molecule has 0 radical (unpaired) electrons. The Balaban J connectivity index is 4.58. The second-order valence-corrected chi connectivity index (χ2v) is 4.72. The first-order valence-electron chi connectivity index (χ1n) is 6.44. The van der Waals surface area contributed by atoms with Crippen LogP contribution in [0.1, 0.15) is 27.2 Å².